The summed E-state index contributed by atoms with van der Waals surface area (Å²) in [6, 6.07) is -0.0929. The number of nitrogens with two attached hydrogens (primary N) is 1. The minimum Gasteiger partial charge on any atom is -0.477 e. The summed E-state index contributed by atoms with van der Waals surface area (Å²) >= 11 is 0. The van der Waals surface area contributed by atoms with Gasteiger partial charge in [-0.2, -0.15) is 0 Å². The number of hydrogen-bond donors (Lipinski definition) is 2. The molecule has 1 aromatic rings. The number of carboxylic acids is 1. The number of allylic oxidation sites excluding steroid dienone is 1. The second kappa shape index (κ2) is 4.31. The van der Waals surface area contributed by atoms with E-state index in [2.05, 4.69) is 6.08 Å². The average molecular weight is 286 g/mol. The van der Waals surface area contributed by atoms with Crippen LogP contribution in [0.4, 0.5) is 0 Å². The number of pyridine rings is 1. The lowest BCUT2D eigenvalue weighted by Gasteiger charge is -2.27. The lowest BCUT2D eigenvalue weighted by molar-refractivity contribution is 0.0694. The monoisotopic (exact) mass is 286 g/mol. The van der Waals surface area contributed by atoms with Crippen molar-refractivity contribution >= 4 is 11.5 Å². The molecule has 5 nitrogen and oxygen atoms in total. The molecule has 1 saturated carbocycles. The number of nitrogens with zero attached hydrogens (tertiary/aromatic N) is 1. The van der Waals surface area contributed by atoms with Gasteiger partial charge < -0.3 is 15.4 Å². The van der Waals surface area contributed by atoms with E-state index in [0.29, 0.717) is 23.9 Å². The third-order valence-corrected chi connectivity index (χ3v) is 5.22. The highest BCUT2D eigenvalue weighted by molar-refractivity contribution is 5.88. The van der Waals surface area contributed by atoms with Crippen molar-refractivity contribution < 1.29 is 9.90 Å². The van der Waals surface area contributed by atoms with Crippen molar-refractivity contribution in [3.63, 3.8) is 0 Å². The largest absolute Gasteiger partial charge is 0.477 e. The third kappa shape index (κ3) is 1.61. The SMILES string of the molecule is NC1CC=C2c3c1c(=O)c(C(=O)O)cn3C1CCCCC21. The molecule has 0 bridgehead atoms. The summed E-state index contributed by atoms with van der Waals surface area (Å²) in [6.07, 6.45) is 8.86. The Morgan fingerprint density at radius 1 is 1.33 bits per heavy atom. The lowest BCUT2D eigenvalue weighted by Crippen LogP contribution is -2.30. The fourth-order valence-corrected chi connectivity index (χ4v) is 4.32. The van der Waals surface area contributed by atoms with Gasteiger partial charge in [0.15, 0.2) is 0 Å². The van der Waals surface area contributed by atoms with E-state index < -0.39 is 11.4 Å². The summed E-state index contributed by atoms with van der Waals surface area (Å²) in [4.78, 5) is 23.9. The minimum atomic E-state index is -1.16. The lowest BCUT2D eigenvalue weighted by atomic mass is 9.79. The van der Waals surface area contributed by atoms with Crippen molar-refractivity contribution in [2.75, 3.05) is 0 Å². The highest BCUT2D eigenvalue weighted by atomic mass is 16.4. The Balaban J connectivity index is 2.04. The van der Waals surface area contributed by atoms with Crippen LogP contribution in [0.2, 0.25) is 0 Å². The minimum absolute atomic E-state index is 0.142. The maximum Gasteiger partial charge on any atom is 0.341 e. The number of carbonyl (C=O) groups is 1. The highest BCUT2D eigenvalue weighted by Gasteiger charge is 2.42. The first-order valence-electron chi connectivity index (χ1n) is 7.58. The predicted octanol–water partition coefficient (Wildman–Crippen LogP) is 2.08. The average Bonchev–Trinajstić information content (AvgIpc) is 2.78. The van der Waals surface area contributed by atoms with Crippen molar-refractivity contribution in [2.45, 2.75) is 44.2 Å². The molecule has 0 aromatic carbocycles. The topological polar surface area (TPSA) is 85.3 Å². The van der Waals surface area contributed by atoms with E-state index in [9.17, 15) is 14.7 Å². The molecule has 3 atom stereocenters. The fourth-order valence-electron chi connectivity index (χ4n) is 4.32. The van der Waals surface area contributed by atoms with Crippen molar-refractivity contribution in [3.05, 3.63) is 39.3 Å². The molecule has 0 spiro atoms. The first-order chi connectivity index (χ1) is 10.1. The van der Waals surface area contributed by atoms with Crippen LogP contribution in [-0.4, -0.2) is 15.6 Å². The Labute approximate surface area is 122 Å². The summed E-state index contributed by atoms with van der Waals surface area (Å²) < 4.78 is 2.04. The molecular weight excluding hydrogens is 268 g/mol. The zero-order chi connectivity index (χ0) is 14.7. The zero-order valence-corrected chi connectivity index (χ0v) is 11.7. The normalized spacial score (nSPS) is 29.6. The van der Waals surface area contributed by atoms with Gasteiger partial charge in [-0.3, -0.25) is 4.79 Å². The standard InChI is InChI=1S/C16H18N2O3/c17-11-6-5-9-8-3-1-2-4-12(8)18-7-10(16(20)21)15(19)13(11)14(9)18/h5,7-8,11-12H,1-4,6,17H2,(H,20,21). The molecule has 21 heavy (non-hydrogen) atoms. The fraction of sp³-hybridized carbons (Fsp3) is 0.500. The number of carboxylic acid groups (broad SMARTS) is 1. The van der Waals surface area contributed by atoms with Crippen LogP contribution >= 0.6 is 0 Å². The molecular formula is C16H18N2O3. The highest BCUT2D eigenvalue weighted by Crippen LogP contribution is 2.51. The predicted molar refractivity (Wildman–Crippen MR) is 78.2 cm³/mol. The molecule has 5 heteroatoms. The van der Waals surface area contributed by atoms with Crippen molar-refractivity contribution in [2.24, 2.45) is 11.7 Å². The Morgan fingerprint density at radius 3 is 2.86 bits per heavy atom. The van der Waals surface area contributed by atoms with Gasteiger partial charge in [-0.05, 0) is 24.8 Å². The Morgan fingerprint density at radius 2 is 2.10 bits per heavy atom. The molecule has 3 aliphatic rings. The first-order valence-corrected chi connectivity index (χ1v) is 7.58. The third-order valence-electron chi connectivity index (χ3n) is 5.22. The van der Waals surface area contributed by atoms with Crippen LogP contribution in [0.25, 0.3) is 5.57 Å². The van der Waals surface area contributed by atoms with Gasteiger partial charge in [0.1, 0.15) is 5.56 Å². The second-order valence-electron chi connectivity index (χ2n) is 6.31. The number of rotatable bonds is 1. The van der Waals surface area contributed by atoms with Crippen molar-refractivity contribution in [3.8, 4) is 0 Å². The van der Waals surface area contributed by atoms with Gasteiger partial charge in [-0.15, -0.1) is 0 Å². The van der Waals surface area contributed by atoms with Crippen LogP contribution in [0.3, 0.4) is 0 Å². The smallest absolute Gasteiger partial charge is 0.341 e. The van der Waals surface area contributed by atoms with E-state index >= 15 is 0 Å². The number of hydrogen-bond acceptors (Lipinski definition) is 3. The van der Waals surface area contributed by atoms with Crippen LogP contribution in [0.1, 0.15) is 65.8 Å². The summed E-state index contributed by atoms with van der Waals surface area (Å²) in [6.45, 7) is 0. The molecule has 3 N–H and O–H groups in total. The maximum absolute atomic E-state index is 12.5. The first kappa shape index (κ1) is 12.8. The van der Waals surface area contributed by atoms with E-state index in [1.165, 1.54) is 12.0 Å². The molecule has 2 heterocycles. The van der Waals surface area contributed by atoms with E-state index in [4.69, 9.17) is 5.73 Å². The molecule has 1 fully saturated rings. The Hall–Kier alpha value is -1.88. The molecule has 1 aliphatic heterocycles. The van der Waals surface area contributed by atoms with E-state index in [1.807, 2.05) is 4.57 Å². The number of aromatic carboxylic acids is 1. The van der Waals surface area contributed by atoms with Crippen LogP contribution in [0.5, 0.6) is 0 Å². The van der Waals surface area contributed by atoms with E-state index in [1.54, 1.807) is 6.20 Å². The van der Waals surface area contributed by atoms with Gasteiger partial charge in [-0.25, -0.2) is 4.79 Å². The summed E-state index contributed by atoms with van der Waals surface area (Å²) in [5, 5.41) is 9.31. The number of fused-ring (bicyclic) bond motifs is 3. The van der Waals surface area contributed by atoms with Gasteiger partial charge in [0.25, 0.3) is 0 Å². The molecule has 0 radical (unpaired) electrons. The molecule has 0 saturated heterocycles. The van der Waals surface area contributed by atoms with Crippen LogP contribution in [0.15, 0.2) is 17.1 Å². The van der Waals surface area contributed by atoms with Gasteiger partial charge >= 0.3 is 5.97 Å². The molecule has 3 unspecified atom stereocenters. The quantitative estimate of drug-likeness (QED) is 0.827. The molecule has 110 valence electrons. The second-order valence-corrected chi connectivity index (χ2v) is 6.31. The maximum atomic E-state index is 12.5. The van der Waals surface area contributed by atoms with Crippen LogP contribution in [0, 0.1) is 5.92 Å². The van der Waals surface area contributed by atoms with E-state index in [0.717, 1.165) is 25.0 Å². The summed E-state index contributed by atoms with van der Waals surface area (Å²) in [5.74, 6) is -0.734. The molecule has 0 amide bonds. The Bertz CT molecular complexity index is 732. The van der Waals surface area contributed by atoms with Crippen LogP contribution < -0.4 is 11.2 Å². The van der Waals surface area contributed by atoms with Gasteiger partial charge in [-0.1, -0.05) is 18.9 Å². The van der Waals surface area contributed by atoms with Gasteiger partial charge in [0.2, 0.25) is 5.43 Å². The molecule has 4 rings (SSSR count). The summed E-state index contributed by atoms with van der Waals surface area (Å²) in [5.41, 5.74) is 8.23. The summed E-state index contributed by atoms with van der Waals surface area (Å²) in [7, 11) is 0. The van der Waals surface area contributed by atoms with Crippen LogP contribution in [-0.2, 0) is 0 Å². The van der Waals surface area contributed by atoms with Crippen molar-refractivity contribution in [1.82, 2.24) is 4.57 Å². The van der Waals surface area contributed by atoms with Crippen molar-refractivity contribution in [1.29, 1.82) is 0 Å². The number of aromatic nitrogens is 1. The molecule has 2 aliphatic carbocycles. The van der Waals surface area contributed by atoms with Gasteiger partial charge in [0, 0.05) is 29.8 Å². The zero-order valence-electron chi connectivity index (χ0n) is 11.7. The molecule has 1 aromatic heterocycles. The van der Waals surface area contributed by atoms with E-state index in [-0.39, 0.29) is 11.6 Å². The Kier molecular flexibility index (Phi) is 2.63. The van der Waals surface area contributed by atoms with Gasteiger partial charge in [0.05, 0.1) is 5.69 Å².